The van der Waals surface area contributed by atoms with Gasteiger partial charge in [-0.1, -0.05) is 48.9 Å². The molecule has 1 aliphatic rings. The van der Waals surface area contributed by atoms with E-state index in [0.717, 1.165) is 26.1 Å². The highest BCUT2D eigenvalue weighted by molar-refractivity contribution is 6.32. The highest BCUT2D eigenvalue weighted by Crippen LogP contribution is 2.36. The summed E-state index contributed by atoms with van der Waals surface area (Å²) in [6.07, 6.45) is 0.979. The van der Waals surface area contributed by atoms with Crippen LogP contribution < -0.4 is 0 Å². The number of phenols is 1. The molecule has 0 fully saturated rings. The molecule has 0 aromatic heterocycles. The third-order valence-corrected chi connectivity index (χ3v) is 4.67. The largest absolute Gasteiger partial charge is 0.506 e. The van der Waals surface area contributed by atoms with Crippen LogP contribution in [0.25, 0.3) is 0 Å². The number of rotatable bonds is 2. The summed E-state index contributed by atoms with van der Waals surface area (Å²) in [4.78, 5) is 2.46. The van der Waals surface area contributed by atoms with Gasteiger partial charge in [-0.2, -0.15) is 0 Å². The Morgan fingerprint density at radius 3 is 2.71 bits per heavy atom. The quantitative estimate of drug-likeness (QED) is 0.904. The van der Waals surface area contributed by atoms with Crippen molar-refractivity contribution in [3.63, 3.8) is 0 Å². The van der Waals surface area contributed by atoms with Crippen LogP contribution in [0.5, 0.6) is 5.75 Å². The third kappa shape index (κ3) is 2.92. The van der Waals surface area contributed by atoms with E-state index in [1.807, 2.05) is 18.2 Å². The first kappa shape index (κ1) is 14.4. The molecule has 2 aromatic carbocycles. The van der Waals surface area contributed by atoms with E-state index in [9.17, 15) is 5.11 Å². The molecular formula is C18H20ClNO. The van der Waals surface area contributed by atoms with Gasteiger partial charge in [-0.05, 0) is 41.8 Å². The minimum Gasteiger partial charge on any atom is -0.506 e. The molecule has 3 rings (SSSR count). The molecule has 1 aliphatic heterocycles. The van der Waals surface area contributed by atoms with E-state index in [2.05, 4.69) is 36.1 Å². The first-order valence-corrected chi connectivity index (χ1v) is 7.85. The molecule has 2 nitrogen and oxygen atoms in total. The maximum absolute atomic E-state index is 10.0. The number of hydrogen-bond donors (Lipinski definition) is 1. The van der Waals surface area contributed by atoms with Crippen LogP contribution in [-0.2, 0) is 6.42 Å². The summed E-state index contributed by atoms with van der Waals surface area (Å²) in [6.45, 7) is 5.25. The van der Waals surface area contributed by atoms with E-state index in [1.54, 1.807) is 0 Å². The van der Waals surface area contributed by atoms with Crippen molar-refractivity contribution in [2.45, 2.75) is 19.3 Å². The van der Waals surface area contributed by atoms with Crippen LogP contribution in [0.2, 0.25) is 5.02 Å². The molecule has 0 saturated heterocycles. The molecule has 0 radical (unpaired) electrons. The van der Waals surface area contributed by atoms with Crippen molar-refractivity contribution in [2.24, 2.45) is 0 Å². The third-order valence-electron chi connectivity index (χ3n) is 4.37. The number of phenolic OH excluding ortho intramolecular Hbond substituents is 1. The minimum absolute atomic E-state index is 0.182. The molecule has 3 heteroatoms. The zero-order valence-electron chi connectivity index (χ0n) is 12.2. The molecule has 0 aliphatic carbocycles. The molecule has 1 heterocycles. The van der Waals surface area contributed by atoms with Gasteiger partial charge in [-0.15, -0.1) is 0 Å². The summed E-state index contributed by atoms with van der Waals surface area (Å²) in [5.74, 6) is 0.466. The van der Waals surface area contributed by atoms with Crippen molar-refractivity contribution >= 4 is 11.6 Å². The fraction of sp³-hybridized carbons (Fsp3) is 0.333. The second kappa shape index (κ2) is 6.08. The Hall–Kier alpha value is -1.51. The number of hydrogen-bond acceptors (Lipinski definition) is 2. The highest BCUT2D eigenvalue weighted by Gasteiger charge is 2.25. The Kier molecular flexibility index (Phi) is 4.18. The van der Waals surface area contributed by atoms with Crippen molar-refractivity contribution in [1.29, 1.82) is 0 Å². The molecule has 21 heavy (non-hydrogen) atoms. The molecule has 110 valence electrons. The monoisotopic (exact) mass is 301 g/mol. The van der Waals surface area contributed by atoms with Gasteiger partial charge in [-0.3, -0.25) is 0 Å². The van der Waals surface area contributed by atoms with E-state index < -0.39 is 0 Å². The summed E-state index contributed by atoms with van der Waals surface area (Å²) < 4.78 is 0. The summed E-state index contributed by atoms with van der Waals surface area (Å²) in [6, 6.07) is 14.3. The zero-order valence-corrected chi connectivity index (χ0v) is 13.0. The summed E-state index contributed by atoms with van der Waals surface area (Å²) in [5, 5.41) is 10.5. The fourth-order valence-corrected chi connectivity index (χ4v) is 3.33. The lowest BCUT2D eigenvalue weighted by atomic mass is 9.88. The van der Waals surface area contributed by atoms with Crippen molar-refractivity contribution < 1.29 is 5.11 Å². The van der Waals surface area contributed by atoms with Crippen molar-refractivity contribution in [3.05, 3.63) is 64.2 Å². The average Bonchev–Trinajstić information content (AvgIpc) is 2.68. The Balaban J connectivity index is 2.10. The normalized spacial score (nSPS) is 19.0. The van der Waals surface area contributed by atoms with E-state index in [0.29, 0.717) is 5.02 Å². The van der Waals surface area contributed by atoms with E-state index in [-0.39, 0.29) is 11.7 Å². The summed E-state index contributed by atoms with van der Waals surface area (Å²) in [7, 11) is 0. The zero-order chi connectivity index (χ0) is 14.8. The van der Waals surface area contributed by atoms with Crippen LogP contribution in [0.15, 0.2) is 42.5 Å². The summed E-state index contributed by atoms with van der Waals surface area (Å²) >= 11 is 6.10. The molecular weight excluding hydrogens is 282 g/mol. The maximum atomic E-state index is 10.0. The Labute approximate surface area is 131 Å². The van der Waals surface area contributed by atoms with E-state index in [4.69, 9.17) is 11.6 Å². The molecule has 0 amide bonds. The van der Waals surface area contributed by atoms with Crippen molar-refractivity contribution in [3.8, 4) is 5.75 Å². The van der Waals surface area contributed by atoms with Crippen LogP contribution in [0, 0.1) is 0 Å². The highest BCUT2D eigenvalue weighted by atomic mass is 35.5. The van der Waals surface area contributed by atoms with Gasteiger partial charge in [-0.25, -0.2) is 0 Å². The fourth-order valence-electron chi connectivity index (χ4n) is 3.14. The van der Waals surface area contributed by atoms with E-state index in [1.165, 1.54) is 16.7 Å². The predicted molar refractivity (Wildman–Crippen MR) is 87.2 cm³/mol. The Morgan fingerprint density at radius 1 is 1.24 bits per heavy atom. The lowest BCUT2D eigenvalue weighted by Gasteiger charge is -2.24. The second-order valence-electron chi connectivity index (χ2n) is 5.61. The van der Waals surface area contributed by atoms with Gasteiger partial charge in [0.2, 0.25) is 0 Å². The molecule has 2 aromatic rings. The predicted octanol–water partition coefficient (Wildman–Crippen LogP) is 4.06. The lowest BCUT2D eigenvalue weighted by molar-refractivity contribution is 0.291. The first-order valence-electron chi connectivity index (χ1n) is 7.47. The molecule has 0 bridgehead atoms. The molecule has 0 saturated carbocycles. The van der Waals surface area contributed by atoms with Gasteiger partial charge in [0.15, 0.2) is 0 Å². The van der Waals surface area contributed by atoms with Gasteiger partial charge < -0.3 is 10.0 Å². The minimum atomic E-state index is 0.182. The number of nitrogens with zero attached hydrogens (tertiary/aromatic N) is 1. The number of fused-ring (bicyclic) bond motifs is 1. The van der Waals surface area contributed by atoms with Crippen LogP contribution >= 0.6 is 11.6 Å². The van der Waals surface area contributed by atoms with Gasteiger partial charge in [0, 0.05) is 19.0 Å². The number of likely N-dealkylation sites (N-methyl/N-ethyl adjacent to an activating group) is 1. The molecule has 1 atom stereocenters. The van der Waals surface area contributed by atoms with Gasteiger partial charge >= 0.3 is 0 Å². The average molecular weight is 302 g/mol. The van der Waals surface area contributed by atoms with Crippen LogP contribution in [-0.4, -0.2) is 29.6 Å². The molecule has 0 spiro atoms. The summed E-state index contributed by atoms with van der Waals surface area (Å²) in [5.41, 5.74) is 3.75. The number of halogens is 1. The first-order chi connectivity index (χ1) is 10.2. The van der Waals surface area contributed by atoms with Crippen molar-refractivity contribution in [1.82, 2.24) is 4.90 Å². The smallest absolute Gasteiger partial charge is 0.134 e. The Bertz CT molecular complexity index is 627. The van der Waals surface area contributed by atoms with Crippen molar-refractivity contribution in [2.75, 3.05) is 19.6 Å². The lowest BCUT2D eigenvalue weighted by Crippen LogP contribution is -2.28. The van der Waals surface area contributed by atoms with Crippen LogP contribution in [0.4, 0.5) is 0 Å². The van der Waals surface area contributed by atoms with Crippen LogP contribution in [0.1, 0.15) is 29.5 Å². The Morgan fingerprint density at radius 2 is 2.00 bits per heavy atom. The topological polar surface area (TPSA) is 23.5 Å². The van der Waals surface area contributed by atoms with E-state index >= 15 is 0 Å². The standard InChI is InChI=1S/C18H20ClNO/c1-2-20-9-8-14-10-17(19)18(21)11-15(14)16(12-20)13-6-4-3-5-7-13/h3-7,10-11,16,21H,2,8-9,12H2,1H3/t16-/m1/s1. The number of benzene rings is 2. The SMILES string of the molecule is CCN1CCc2cc(Cl)c(O)cc2[C@@H](c2ccccc2)C1. The molecule has 0 unspecified atom stereocenters. The second-order valence-corrected chi connectivity index (χ2v) is 6.02. The van der Waals surface area contributed by atoms with Crippen LogP contribution in [0.3, 0.4) is 0 Å². The number of aromatic hydroxyl groups is 1. The maximum Gasteiger partial charge on any atom is 0.134 e. The van der Waals surface area contributed by atoms with Gasteiger partial charge in [0.05, 0.1) is 5.02 Å². The molecule has 1 N–H and O–H groups in total. The van der Waals surface area contributed by atoms with Gasteiger partial charge in [0.1, 0.15) is 5.75 Å². The van der Waals surface area contributed by atoms with Gasteiger partial charge in [0.25, 0.3) is 0 Å².